The zero-order chi connectivity index (χ0) is 23.8. The van der Waals surface area contributed by atoms with Crippen molar-refractivity contribution in [1.82, 2.24) is 4.57 Å². The molecule has 170 valence electrons. The van der Waals surface area contributed by atoms with Gasteiger partial charge in [0, 0.05) is 11.8 Å². The van der Waals surface area contributed by atoms with Crippen LogP contribution in [0.2, 0.25) is 0 Å². The van der Waals surface area contributed by atoms with Crippen molar-refractivity contribution in [3.05, 3.63) is 121 Å². The standard InChI is InChI=1S/C26H20FN3O3S/c1-15-8-13-20(33-15)14-21-25(32)30-23(17-9-11-18(27)12-10-17)22(16(2)28-26(30)34-21)24(31)29-19-6-4-3-5-7-19/h3-14,23H,1-2H3,(H,29,31)/b21-14-/t23-/m1/s1. The minimum Gasteiger partial charge on any atom is -0.462 e. The van der Waals surface area contributed by atoms with E-state index in [1.54, 1.807) is 43.3 Å². The summed E-state index contributed by atoms with van der Waals surface area (Å²) in [5, 5.41) is 2.89. The Morgan fingerprint density at radius 3 is 2.50 bits per heavy atom. The van der Waals surface area contributed by atoms with Gasteiger partial charge in [0.25, 0.3) is 11.5 Å². The van der Waals surface area contributed by atoms with Crippen molar-refractivity contribution in [2.75, 3.05) is 5.32 Å². The first-order valence-electron chi connectivity index (χ1n) is 10.6. The molecule has 0 spiro atoms. The van der Waals surface area contributed by atoms with Crippen LogP contribution in [0.3, 0.4) is 0 Å². The van der Waals surface area contributed by atoms with Gasteiger partial charge in [0.1, 0.15) is 17.3 Å². The molecule has 2 aromatic heterocycles. The zero-order valence-corrected chi connectivity index (χ0v) is 19.2. The first-order chi connectivity index (χ1) is 16.4. The highest BCUT2D eigenvalue weighted by atomic mass is 32.1. The number of aromatic nitrogens is 1. The molecule has 1 amide bonds. The lowest BCUT2D eigenvalue weighted by atomic mass is 9.95. The Balaban J connectivity index is 1.68. The lowest BCUT2D eigenvalue weighted by Crippen LogP contribution is -2.40. The van der Waals surface area contributed by atoms with Crippen LogP contribution in [-0.4, -0.2) is 10.5 Å². The van der Waals surface area contributed by atoms with Gasteiger partial charge in [0.15, 0.2) is 4.80 Å². The number of rotatable bonds is 4. The molecule has 3 heterocycles. The summed E-state index contributed by atoms with van der Waals surface area (Å²) in [4.78, 5) is 32.0. The predicted molar refractivity (Wildman–Crippen MR) is 129 cm³/mol. The lowest BCUT2D eigenvalue weighted by molar-refractivity contribution is -0.113. The first-order valence-corrected chi connectivity index (χ1v) is 11.4. The number of carbonyl (C=O) groups is 1. The van der Waals surface area contributed by atoms with Crippen molar-refractivity contribution >= 4 is 29.0 Å². The Morgan fingerprint density at radius 2 is 1.82 bits per heavy atom. The van der Waals surface area contributed by atoms with Gasteiger partial charge in [0.2, 0.25) is 0 Å². The molecule has 0 bridgehead atoms. The number of para-hydroxylation sites is 1. The summed E-state index contributed by atoms with van der Waals surface area (Å²) < 4.78 is 21.2. The van der Waals surface area contributed by atoms with Gasteiger partial charge in [-0.1, -0.05) is 41.7 Å². The van der Waals surface area contributed by atoms with Crippen molar-refractivity contribution in [3.8, 4) is 0 Å². The highest BCUT2D eigenvalue weighted by Crippen LogP contribution is 2.30. The van der Waals surface area contributed by atoms with Crippen LogP contribution < -0.4 is 20.2 Å². The van der Waals surface area contributed by atoms with E-state index in [1.165, 1.54) is 28.0 Å². The Kier molecular flexibility index (Phi) is 5.59. The number of hydrogen-bond acceptors (Lipinski definition) is 5. The number of fused-ring (bicyclic) bond motifs is 1. The molecular formula is C26H20FN3O3S. The fourth-order valence-corrected chi connectivity index (χ4v) is 4.98. The number of nitrogens with zero attached hydrogens (tertiary/aromatic N) is 2. The fraction of sp³-hybridized carbons (Fsp3) is 0.115. The number of allylic oxidation sites excluding steroid dienone is 1. The molecule has 0 fully saturated rings. The largest absolute Gasteiger partial charge is 0.462 e. The summed E-state index contributed by atoms with van der Waals surface area (Å²) in [5.41, 5.74) is 1.74. The molecule has 0 unspecified atom stereocenters. The van der Waals surface area contributed by atoms with Crippen LogP contribution in [0.5, 0.6) is 0 Å². The van der Waals surface area contributed by atoms with Crippen molar-refractivity contribution in [2.24, 2.45) is 4.99 Å². The van der Waals surface area contributed by atoms with Gasteiger partial charge < -0.3 is 9.73 Å². The van der Waals surface area contributed by atoms with Crippen LogP contribution in [0.15, 0.2) is 92.2 Å². The monoisotopic (exact) mass is 473 g/mol. The summed E-state index contributed by atoms with van der Waals surface area (Å²) in [6.07, 6.45) is 1.67. The van der Waals surface area contributed by atoms with E-state index < -0.39 is 11.9 Å². The molecular weight excluding hydrogens is 453 g/mol. The quantitative estimate of drug-likeness (QED) is 0.488. The van der Waals surface area contributed by atoms with Crippen molar-refractivity contribution in [3.63, 3.8) is 0 Å². The molecule has 8 heteroatoms. The molecule has 0 saturated heterocycles. The van der Waals surface area contributed by atoms with Crippen LogP contribution in [0, 0.1) is 12.7 Å². The third kappa shape index (κ3) is 4.04. The van der Waals surface area contributed by atoms with E-state index in [2.05, 4.69) is 10.3 Å². The van der Waals surface area contributed by atoms with Crippen LogP contribution in [0.1, 0.15) is 30.0 Å². The molecule has 1 atom stereocenters. The second-order valence-electron chi connectivity index (χ2n) is 7.90. The summed E-state index contributed by atoms with van der Waals surface area (Å²) in [6, 6.07) is 17.7. The summed E-state index contributed by atoms with van der Waals surface area (Å²) >= 11 is 1.22. The number of halogens is 1. The Hall–Kier alpha value is -4.04. The number of furan rings is 1. The minimum atomic E-state index is -0.763. The van der Waals surface area contributed by atoms with E-state index in [9.17, 15) is 14.0 Å². The van der Waals surface area contributed by atoms with Gasteiger partial charge in [-0.3, -0.25) is 14.2 Å². The molecule has 6 nitrogen and oxygen atoms in total. The van der Waals surface area contributed by atoms with Gasteiger partial charge in [-0.25, -0.2) is 9.38 Å². The molecule has 5 rings (SSSR count). The molecule has 2 aromatic carbocycles. The maximum absolute atomic E-state index is 13.7. The van der Waals surface area contributed by atoms with Gasteiger partial charge in [-0.2, -0.15) is 0 Å². The minimum absolute atomic E-state index is 0.301. The number of aryl methyl sites for hydroxylation is 1. The number of amides is 1. The van der Waals surface area contributed by atoms with Crippen LogP contribution in [-0.2, 0) is 4.79 Å². The smallest absolute Gasteiger partial charge is 0.271 e. The Bertz CT molecular complexity index is 1600. The van der Waals surface area contributed by atoms with E-state index in [4.69, 9.17) is 4.42 Å². The second-order valence-corrected chi connectivity index (χ2v) is 8.91. The SMILES string of the molecule is CC1=C(C(=O)Nc2ccccc2)[C@@H](c2ccc(F)cc2)n2c(s/c(=C\c3ccc(C)o3)c2=O)=N1. The predicted octanol–water partition coefficient (Wildman–Crippen LogP) is 3.91. The van der Waals surface area contributed by atoms with E-state index in [1.807, 2.05) is 31.2 Å². The van der Waals surface area contributed by atoms with Gasteiger partial charge in [-0.05, 0) is 55.8 Å². The Labute approximate surface area is 198 Å². The molecule has 1 aliphatic rings. The second kappa shape index (κ2) is 8.72. The summed E-state index contributed by atoms with van der Waals surface area (Å²) in [6.45, 7) is 3.57. The van der Waals surface area contributed by atoms with Crippen LogP contribution in [0.4, 0.5) is 10.1 Å². The maximum Gasteiger partial charge on any atom is 0.271 e. The number of carbonyl (C=O) groups excluding carboxylic acids is 1. The summed E-state index contributed by atoms with van der Waals surface area (Å²) in [7, 11) is 0. The van der Waals surface area contributed by atoms with E-state index >= 15 is 0 Å². The number of anilines is 1. The lowest BCUT2D eigenvalue weighted by Gasteiger charge is -2.25. The molecule has 1 N–H and O–H groups in total. The first kappa shape index (κ1) is 21.8. The van der Waals surface area contributed by atoms with E-state index in [0.717, 1.165) is 5.76 Å². The third-order valence-corrected chi connectivity index (χ3v) is 6.50. The van der Waals surface area contributed by atoms with Gasteiger partial charge in [-0.15, -0.1) is 0 Å². The fourth-order valence-electron chi connectivity index (χ4n) is 3.95. The van der Waals surface area contributed by atoms with Gasteiger partial charge in [0.05, 0.1) is 21.8 Å². The highest BCUT2D eigenvalue weighted by Gasteiger charge is 2.32. The average molecular weight is 474 g/mol. The molecule has 0 saturated carbocycles. The number of nitrogens with one attached hydrogen (secondary N) is 1. The molecule has 0 radical (unpaired) electrons. The zero-order valence-electron chi connectivity index (χ0n) is 18.4. The normalized spacial score (nSPS) is 15.7. The number of benzene rings is 2. The van der Waals surface area contributed by atoms with Crippen molar-refractivity contribution in [2.45, 2.75) is 19.9 Å². The summed E-state index contributed by atoms with van der Waals surface area (Å²) in [5.74, 6) is 0.510. The number of thiazole rings is 1. The number of hydrogen-bond donors (Lipinski definition) is 1. The van der Waals surface area contributed by atoms with Crippen molar-refractivity contribution < 1.29 is 13.6 Å². The highest BCUT2D eigenvalue weighted by molar-refractivity contribution is 7.07. The molecule has 0 aliphatic carbocycles. The van der Waals surface area contributed by atoms with Crippen molar-refractivity contribution in [1.29, 1.82) is 0 Å². The molecule has 1 aliphatic heterocycles. The molecule has 4 aromatic rings. The molecule has 34 heavy (non-hydrogen) atoms. The van der Waals surface area contributed by atoms with Crippen LogP contribution >= 0.6 is 11.3 Å². The maximum atomic E-state index is 13.7. The van der Waals surface area contributed by atoms with E-state index in [-0.39, 0.29) is 11.5 Å². The average Bonchev–Trinajstić information content (AvgIpc) is 3.36. The van der Waals surface area contributed by atoms with Gasteiger partial charge >= 0.3 is 0 Å². The van der Waals surface area contributed by atoms with Crippen LogP contribution in [0.25, 0.3) is 6.08 Å². The Morgan fingerprint density at radius 1 is 1.09 bits per heavy atom. The van der Waals surface area contributed by atoms with E-state index in [0.29, 0.717) is 37.6 Å². The topological polar surface area (TPSA) is 76.6 Å². The third-order valence-electron chi connectivity index (χ3n) is 5.52.